The van der Waals surface area contributed by atoms with Crippen molar-refractivity contribution >= 4 is 21.8 Å². The van der Waals surface area contributed by atoms with Crippen molar-refractivity contribution in [2.75, 3.05) is 6.54 Å². The van der Waals surface area contributed by atoms with Gasteiger partial charge in [-0.3, -0.25) is 4.79 Å². The maximum atomic E-state index is 11.5. The molecule has 0 aromatic carbocycles. The molecule has 0 aromatic heterocycles. The first-order valence-electron chi connectivity index (χ1n) is 6.09. The normalized spacial score (nSPS) is 19.9. The summed E-state index contributed by atoms with van der Waals surface area (Å²) in [7, 11) is 0. The lowest BCUT2D eigenvalue weighted by molar-refractivity contribution is -0.121. The summed E-state index contributed by atoms with van der Waals surface area (Å²) in [4.78, 5) is 11.8. The number of carbonyl (C=O) groups is 1. The van der Waals surface area contributed by atoms with Crippen LogP contribution in [0.1, 0.15) is 51.9 Å². The van der Waals surface area contributed by atoms with Gasteiger partial charge in [-0.25, -0.2) is 0 Å². The van der Waals surface area contributed by atoms with Crippen molar-refractivity contribution < 1.29 is 4.79 Å². The highest BCUT2D eigenvalue weighted by Gasteiger charge is 2.14. The Balaban J connectivity index is 2.05. The first-order chi connectivity index (χ1) is 7.18. The molecular formula is C12H22BrNO. The Bertz CT molecular complexity index is 188. The van der Waals surface area contributed by atoms with E-state index in [2.05, 4.69) is 21.2 Å². The molecule has 0 aromatic rings. The SMILES string of the molecule is CC(Br)CNC(=O)CCC1CCCCC1. The second-order valence-corrected chi connectivity index (χ2v) is 6.19. The summed E-state index contributed by atoms with van der Waals surface area (Å²) in [5.41, 5.74) is 0. The van der Waals surface area contributed by atoms with Crippen LogP contribution in [0.3, 0.4) is 0 Å². The van der Waals surface area contributed by atoms with Crippen LogP contribution in [-0.4, -0.2) is 17.3 Å². The second kappa shape index (κ2) is 7.26. The molecule has 1 unspecified atom stereocenters. The molecular weight excluding hydrogens is 254 g/mol. The van der Waals surface area contributed by atoms with Crippen molar-refractivity contribution in [3.8, 4) is 0 Å². The van der Waals surface area contributed by atoms with Gasteiger partial charge in [-0.15, -0.1) is 0 Å². The topological polar surface area (TPSA) is 29.1 Å². The third kappa shape index (κ3) is 6.18. The van der Waals surface area contributed by atoms with Crippen LogP contribution < -0.4 is 5.32 Å². The fraction of sp³-hybridized carbons (Fsp3) is 0.917. The fourth-order valence-corrected chi connectivity index (χ4v) is 2.32. The zero-order valence-corrected chi connectivity index (χ0v) is 11.2. The van der Waals surface area contributed by atoms with Gasteiger partial charge < -0.3 is 5.32 Å². The van der Waals surface area contributed by atoms with E-state index in [0.717, 1.165) is 18.9 Å². The minimum atomic E-state index is 0.215. The molecule has 0 heterocycles. The zero-order chi connectivity index (χ0) is 11.1. The maximum absolute atomic E-state index is 11.5. The summed E-state index contributed by atoms with van der Waals surface area (Å²) in [6.07, 6.45) is 8.59. The van der Waals surface area contributed by atoms with Gasteiger partial charge in [0.25, 0.3) is 0 Å². The average molecular weight is 276 g/mol. The lowest BCUT2D eigenvalue weighted by Gasteiger charge is -2.21. The molecule has 1 rings (SSSR count). The number of rotatable bonds is 5. The van der Waals surface area contributed by atoms with Crippen molar-refractivity contribution in [2.45, 2.75) is 56.7 Å². The predicted octanol–water partition coefficient (Wildman–Crippen LogP) is 3.25. The molecule has 15 heavy (non-hydrogen) atoms. The van der Waals surface area contributed by atoms with E-state index in [1.807, 2.05) is 6.92 Å². The highest BCUT2D eigenvalue weighted by atomic mass is 79.9. The molecule has 0 saturated heterocycles. The van der Waals surface area contributed by atoms with Crippen molar-refractivity contribution in [3.63, 3.8) is 0 Å². The van der Waals surface area contributed by atoms with Gasteiger partial charge in [0.15, 0.2) is 0 Å². The molecule has 3 heteroatoms. The first kappa shape index (κ1) is 13.0. The van der Waals surface area contributed by atoms with E-state index in [0.29, 0.717) is 11.2 Å². The molecule has 1 amide bonds. The van der Waals surface area contributed by atoms with Gasteiger partial charge in [-0.1, -0.05) is 55.0 Å². The van der Waals surface area contributed by atoms with Crippen molar-refractivity contribution in [3.05, 3.63) is 0 Å². The number of nitrogens with one attached hydrogen (secondary N) is 1. The van der Waals surface area contributed by atoms with E-state index in [-0.39, 0.29) is 5.91 Å². The van der Waals surface area contributed by atoms with Crippen LogP contribution >= 0.6 is 15.9 Å². The number of alkyl halides is 1. The van der Waals surface area contributed by atoms with Crippen LogP contribution in [0.2, 0.25) is 0 Å². The summed E-state index contributed by atoms with van der Waals surface area (Å²) in [5, 5.41) is 2.94. The Kier molecular flexibility index (Phi) is 6.30. The predicted molar refractivity (Wildman–Crippen MR) is 67.2 cm³/mol. The van der Waals surface area contributed by atoms with Gasteiger partial charge >= 0.3 is 0 Å². The summed E-state index contributed by atoms with van der Waals surface area (Å²) in [5.74, 6) is 1.03. The van der Waals surface area contributed by atoms with Crippen LogP contribution in [0.4, 0.5) is 0 Å². The first-order valence-corrected chi connectivity index (χ1v) is 7.01. The molecule has 1 saturated carbocycles. The van der Waals surface area contributed by atoms with E-state index in [1.165, 1.54) is 32.1 Å². The quantitative estimate of drug-likeness (QED) is 0.767. The van der Waals surface area contributed by atoms with Crippen molar-refractivity contribution in [1.29, 1.82) is 0 Å². The van der Waals surface area contributed by atoms with E-state index >= 15 is 0 Å². The fourth-order valence-electron chi connectivity index (χ4n) is 2.15. The van der Waals surface area contributed by atoms with Crippen LogP contribution in [0.15, 0.2) is 0 Å². The summed E-state index contributed by atoms with van der Waals surface area (Å²) in [6, 6.07) is 0. The zero-order valence-electron chi connectivity index (χ0n) is 9.60. The minimum absolute atomic E-state index is 0.215. The Morgan fingerprint density at radius 2 is 2.07 bits per heavy atom. The molecule has 1 N–H and O–H groups in total. The van der Waals surface area contributed by atoms with E-state index in [1.54, 1.807) is 0 Å². The number of amides is 1. The standard InChI is InChI=1S/C12H22BrNO/c1-10(13)9-14-12(15)8-7-11-5-3-2-4-6-11/h10-11H,2-9H2,1H3,(H,14,15). The van der Waals surface area contributed by atoms with Crippen molar-refractivity contribution in [1.82, 2.24) is 5.32 Å². The summed E-state index contributed by atoms with van der Waals surface area (Å²) >= 11 is 3.42. The number of hydrogen-bond donors (Lipinski definition) is 1. The second-order valence-electron chi connectivity index (χ2n) is 4.63. The molecule has 1 aliphatic rings. The number of halogens is 1. The van der Waals surface area contributed by atoms with Gasteiger partial charge in [0.05, 0.1) is 0 Å². The highest BCUT2D eigenvalue weighted by molar-refractivity contribution is 9.09. The van der Waals surface area contributed by atoms with Gasteiger partial charge in [0, 0.05) is 17.8 Å². The highest BCUT2D eigenvalue weighted by Crippen LogP contribution is 2.27. The smallest absolute Gasteiger partial charge is 0.220 e. The lowest BCUT2D eigenvalue weighted by Crippen LogP contribution is -2.28. The molecule has 0 bridgehead atoms. The Morgan fingerprint density at radius 1 is 1.40 bits per heavy atom. The largest absolute Gasteiger partial charge is 0.355 e. The van der Waals surface area contributed by atoms with E-state index in [9.17, 15) is 4.79 Å². The maximum Gasteiger partial charge on any atom is 0.220 e. The Morgan fingerprint density at radius 3 is 2.67 bits per heavy atom. The Hall–Kier alpha value is -0.0500. The summed E-state index contributed by atoms with van der Waals surface area (Å²) < 4.78 is 0. The third-order valence-corrected chi connectivity index (χ3v) is 3.41. The van der Waals surface area contributed by atoms with Crippen molar-refractivity contribution in [2.24, 2.45) is 5.92 Å². The van der Waals surface area contributed by atoms with Gasteiger partial charge in [-0.05, 0) is 12.3 Å². The molecule has 1 aliphatic carbocycles. The van der Waals surface area contributed by atoms with E-state index < -0.39 is 0 Å². The van der Waals surface area contributed by atoms with Crippen LogP contribution in [0.25, 0.3) is 0 Å². The van der Waals surface area contributed by atoms with Crippen LogP contribution in [0.5, 0.6) is 0 Å². The lowest BCUT2D eigenvalue weighted by atomic mass is 9.86. The van der Waals surface area contributed by atoms with Gasteiger partial charge in [0.1, 0.15) is 0 Å². The van der Waals surface area contributed by atoms with Crippen LogP contribution in [0, 0.1) is 5.92 Å². The van der Waals surface area contributed by atoms with E-state index in [4.69, 9.17) is 0 Å². The number of carbonyl (C=O) groups excluding carboxylic acids is 1. The Labute approximate surface area is 101 Å². The minimum Gasteiger partial charge on any atom is -0.355 e. The third-order valence-electron chi connectivity index (χ3n) is 3.08. The molecule has 0 radical (unpaired) electrons. The molecule has 0 spiro atoms. The van der Waals surface area contributed by atoms with Gasteiger partial charge in [0.2, 0.25) is 5.91 Å². The molecule has 2 nitrogen and oxygen atoms in total. The molecule has 0 aliphatic heterocycles. The summed E-state index contributed by atoms with van der Waals surface area (Å²) in [6.45, 7) is 2.78. The monoisotopic (exact) mass is 275 g/mol. The average Bonchev–Trinajstić information content (AvgIpc) is 2.25. The molecule has 1 atom stereocenters. The van der Waals surface area contributed by atoms with Crippen LogP contribution in [-0.2, 0) is 4.79 Å². The van der Waals surface area contributed by atoms with Gasteiger partial charge in [-0.2, -0.15) is 0 Å². The number of hydrogen-bond acceptors (Lipinski definition) is 1. The molecule has 88 valence electrons. The molecule has 1 fully saturated rings.